The minimum Gasteiger partial charge on any atom is -0.414 e. The Labute approximate surface area is 215 Å². The molecule has 188 valence electrons. The normalized spacial score (nSPS) is 29.1. The van der Waals surface area contributed by atoms with Crippen molar-refractivity contribution in [1.29, 1.82) is 0 Å². The Morgan fingerprint density at radius 2 is 1.91 bits per heavy atom. The Morgan fingerprint density at radius 3 is 2.60 bits per heavy atom. The van der Waals surface area contributed by atoms with E-state index in [1.54, 1.807) is 11.8 Å². The Kier molecular flexibility index (Phi) is 6.63. The van der Waals surface area contributed by atoms with Gasteiger partial charge in [0.05, 0.1) is 17.0 Å². The molecule has 0 spiro atoms. The molecule has 1 aromatic carbocycles. The minimum absolute atomic E-state index is 0.0516. The van der Waals surface area contributed by atoms with Crippen LogP contribution in [-0.2, 0) is 24.4 Å². The summed E-state index contributed by atoms with van der Waals surface area (Å²) in [5, 5.41) is 15.9. The molecule has 1 N–H and O–H groups in total. The Bertz CT molecular complexity index is 1200. The summed E-state index contributed by atoms with van der Waals surface area (Å²) in [6.07, 6.45) is 1.19. The van der Waals surface area contributed by atoms with Crippen molar-refractivity contribution in [3.63, 3.8) is 0 Å². The molecule has 0 aliphatic carbocycles. The number of hydrogen-bond donors (Lipinski definition) is 1. The molecule has 7 nitrogen and oxygen atoms in total. The topological polar surface area (TPSA) is 82.9 Å². The first-order valence-electron chi connectivity index (χ1n) is 11.7. The predicted octanol–water partition coefficient (Wildman–Crippen LogP) is 5.46. The van der Waals surface area contributed by atoms with Crippen molar-refractivity contribution in [2.75, 3.05) is 12.9 Å². The van der Waals surface area contributed by atoms with Crippen molar-refractivity contribution >= 4 is 42.3 Å². The second-order valence-corrected chi connectivity index (χ2v) is 17.0. The van der Waals surface area contributed by atoms with E-state index in [2.05, 4.69) is 43.8 Å². The van der Waals surface area contributed by atoms with Crippen LogP contribution in [0.2, 0.25) is 18.1 Å². The molecule has 2 fully saturated rings. The van der Waals surface area contributed by atoms with Crippen molar-refractivity contribution in [3.05, 3.63) is 52.5 Å². The number of ether oxygens (including phenoxy) is 3. The van der Waals surface area contributed by atoms with Gasteiger partial charge in [-0.15, -0.1) is 23.1 Å². The molecule has 2 aliphatic rings. The Hall–Kier alpha value is -1.37. The van der Waals surface area contributed by atoms with Crippen molar-refractivity contribution in [2.24, 2.45) is 0 Å². The number of rotatable bonds is 6. The van der Waals surface area contributed by atoms with Crippen molar-refractivity contribution in [3.8, 4) is 0 Å². The van der Waals surface area contributed by atoms with E-state index in [0.717, 1.165) is 16.0 Å². The summed E-state index contributed by atoms with van der Waals surface area (Å²) in [5.41, 5.74) is 1.57. The van der Waals surface area contributed by atoms with Crippen LogP contribution in [0.15, 0.2) is 47.1 Å². The molecular formula is C25H32N2O5S2Si. The molecule has 10 heteroatoms. The maximum atomic E-state index is 12.1. The number of aromatic nitrogens is 2. The zero-order chi connectivity index (χ0) is 25.0. The molecule has 0 saturated carbocycles. The number of thiophene rings is 1. The fraction of sp³-hybridized carbons (Fsp3) is 0.520. The molecule has 0 radical (unpaired) electrons. The van der Waals surface area contributed by atoms with E-state index in [1.165, 1.54) is 17.7 Å². The maximum Gasteiger partial charge on any atom is 0.234 e. The highest BCUT2D eigenvalue weighted by molar-refractivity contribution is 7.98. The molecule has 2 aromatic heterocycles. The third kappa shape index (κ3) is 4.38. The highest BCUT2D eigenvalue weighted by Crippen LogP contribution is 2.51. The zero-order valence-corrected chi connectivity index (χ0v) is 23.5. The molecular weight excluding hydrogens is 501 g/mol. The van der Waals surface area contributed by atoms with Crippen LogP contribution >= 0.6 is 23.1 Å². The monoisotopic (exact) mass is 532 g/mol. The summed E-state index contributed by atoms with van der Waals surface area (Å²) >= 11 is 2.95. The Morgan fingerprint density at radius 1 is 1.17 bits per heavy atom. The highest BCUT2D eigenvalue weighted by Gasteiger charge is 2.63. The van der Waals surface area contributed by atoms with E-state index in [1.807, 2.05) is 42.0 Å². The first kappa shape index (κ1) is 25.3. The van der Waals surface area contributed by atoms with Gasteiger partial charge in [-0.3, -0.25) is 0 Å². The lowest BCUT2D eigenvalue weighted by atomic mass is 10.0. The van der Waals surface area contributed by atoms with E-state index in [-0.39, 0.29) is 5.04 Å². The summed E-state index contributed by atoms with van der Waals surface area (Å²) in [4.78, 5) is 9.47. The van der Waals surface area contributed by atoms with Crippen LogP contribution in [0.25, 0.3) is 10.9 Å². The lowest BCUT2D eigenvalue weighted by Crippen LogP contribution is -2.44. The zero-order valence-electron chi connectivity index (χ0n) is 20.8. The molecule has 35 heavy (non-hydrogen) atoms. The summed E-state index contributed by atoms with van der Waals surface area (Å²) in [6.45, 7) is 11.3. The van der Waals surface area contributed by atoms with Gasteiger partial charge in [-0.2, -0.15) is 0 Å². The van der Waals surface area contributed by atoms with Crippen LogP contribution in [0.3, 0.4) is 0 Å². The summed E-state index contributed by atoms with van der Waals surface area (Å²) in [7, 11) is -2.04. The van der Waals surface area contributed by atoms with Crippen molar-refractivity contribution in [2.45, 2.75) is 74.3 Å². The lowest BCUT2D eigenvalue weighted by Gasteiger charge is -2.37. The quantitative estimate of drug-likeness (QED) is 0.255. The standard InChI is InChI=1S/C25H32N2O5S2Si/c1-24(2,3)35(5,6)29-12-17-19-20(31-23(30-19)15-10-8-7-9-11-15)25(28,32-17)21-18-16(13-34-21)22(33-4)27-14-26-18/h7-11,13-14,17,19-20,23,28H,12H2,1-6H3/t17-,19-,20-,23?,25?/m1/s1. The smallest absolute Gasteiger partial charge is 0.234 e. The van der Waals surface area contributed by atoms with Crippen LogP contribution in [-0.4, -0.2) is 54.6 Å². The van der Waals surface area contributed by atoms with Crippen molar-refractivity contribution < 1.29 is 23.7 Å². The number of fused-ring (bicyclic) bond motifs is 2. The SMILES string of the molecule is CSc1ncnc2c(C3(O)O[C@H](CO[Si](C)(C)C(C)(C)C)[C@H]4OC(c5ccccc5)O[C@H]43)scc12. The average Bonchev–Trinajstić information content (AvgIpc) is 3.52. The predicted molar refractivity (Wildman–Crippen MR) is 140 cm³/mol. The molecule has 0 bridgehead atoms. The summed E-state index contributed by atoms with van der Waals surface area (Å²) < 4.78 is 25.6. The van der Waals surface area contributed by atoms with Gasteiger partial charge in [-0.05, 0) is 24.4 Å². The third-order valence-corrected chi connectivity index (χ3v) is 13.6. The van der Waals surface area contributed by atoms with Gasteiger partial charge < -0.3 is 23.7 Å². The van der Waals surface area contributed by atoms with Crippen LogP contribution < -0.4 is 0 Å². The molecule has 4 heterocycles. The molecule has 0 amide bonds. The van der Waals surface area contributed by atoms with Gasteiger partial charge in [0, 0.05) is 16.3 Å². The number of hydrogen-bond acceptors (Lipinski definition) is 9. The molecule has 5 atom stereocenters. The van der Waals surface area contributed by atoms with E-state index in [0.29, 0.717) is 17.0 Å². The molecule has 2 aliphatic heterocycles. The van der Waals surface area contributed by atoms with Crippen LogP contribution in [0.4, 0.5) is 0 Å². The molecule has 3 aromatic rings. The molecule has 5 rings (SSSR count). The van der Waals surface area contributed by atoms with Crippen LogP contribution in [0.5, 0.6) is 0 Å². The van der Waals surface area contributed by atoms with Crippen LogP contribution in [0, 0.1) is 0 Å². The molecule has 2 unspecified atom stereocenters. The average molecular weight is 533 g/mol. The Balaban J connectivity index is 1.51. The van der Waals surface area contributed by atoms with E-state index in [4.69, 9.17) is 18.6 Å². The van der Waals surface area contributed by atoms with Gasteiger partial charge in [0.1, 0.15) is 29.7 Å². The second kappa shape index (κ2) is 9.18. The number of benzene rings is 1. The van der Waals surface area contributed by atoms with Gasteiger partial charge in [0.2, 0.25) is 5.79 Å². The van der Waals surface area contributed by atoms with Gasteiger partial charge >= 0.3 is 0 Å². The first-order valence-corrected chi connectivity index (χ1v) is 16.7. The lowest BCUT2D eigenvalue weighted by molar-refractivity contribution is -0.264. The second-order valence-electron chi connectivity index (χ2n) is 10.5. The summed E-state index contributed by atoms with van der Waals surface area (Å²) in [6, 6.07) is 9.78. The minimum atomic E-state index is -2.04. The fourth-order valence-corrected chi connectivity index (χ4v) is 6.94. The summed E-state index contributed by atoms with van der Waals surface area (Å²) in [5.74, 6) is -1.72. The van der Waals surface area contributed by atoms with E-state index < -0.39 is 38.7 Å². The largest absolute Gasteiger partial charge is 0.414 e. The third-order valence-electron chi connectivity index (χ3n) is 7.29. The van der Waals surface area contributed by atoms with Gasteiger partial charge in [-0.25, -0.2) is 9.97 Å². The number of aliphatic hydroxyl groups is 1. The van der Waals surface area contributed by atoms with Gasteiger partial charge in [0.25, 0.3) is 0 Å². The van der Waals surface area contributed by atoms with E-state index in [9.17, 15) is 5.11 Å². The maximum absolute atomic E-state index is 12.1. The van der Waals surface area contributed by atoms with E-state index >= 15 is 0 Å². The first-order chi connectivity index (χ1) is 16.5. The van der Waals surface area contributed by atoms with Gasteiger partial charge in [-0.1, -0.05) is 51.1 Å². The fourth-order valence-electron chi connectivity index (χ4n) is 4.26. The van der Waals surface area contributed by atoms with Crippen molar-refractivity contribution in [1.82, 2.24) is 9.97 Å². The van der Waals surface area contributed by atoms with Crippen LogP contribution in [0.1, 0.15) is 37.5 Å². The highest BCUT2D eigenvalue weighted by atomic mass is 32.2. The van der Waals surface area contributed by atoms with Gasteiger partial charge in [0.15, 0.2) is 14.6 Å². The number of thioether (sulfide) groups is 1. The molecule has 2 saturated heterocycles. The number of nitrogens with zero attached hydrogens (tertiary/aromatic N) is 2.